The van der Waals surface area contributed by atoms with Crippen LogP contribution in [0.1, 0.15) is 79.7 Å². The lowest BCUT2D eigenvalue weighted by Crippen LogP contribution is -2.56. The minimum atomic E-state index is -1.80. The Hall–Kier alpha value is -6.37. The second-order valence-corrected chi connectivity index (χ2v) is 16.3. The van der Waals surface area contributed by atoms with Gasteiger partial charge in [0.2, 0.25) is 35.4 Å². The minimum Gasteiger partial charge on any atom is -0.480 e. The summed E-state index contributed by atoms with van der Waals surface area (Å²) < 4.78 is 0. The molecule has 1 aromatic carbocycles. The molecule has 1 aromatic rings. The molecule has 2 unspecified atom stereocenters. The number of hydrogen-bond donors (Lipinski definition) is 9. The average molecular weight is 882 g/mol. The third kappa shape index (κ3) is 17.5. The lowest BCUT2D eigenvalue weighted by Gasteiger charge is -2.26. The highest BCUT2D eigenvalue weighted by Crippen LogP contribution is 2.16. The predicted octanol–water partition coefficient (Wildman–Crippen LogP) is 0.685. The zero-order valence-electron chi connectivity index (χ0n) is 37.1. The number of aliphatic hydroxyl groups is 1. The topological polar surface area (TPSA) is 290 Å². The first-order chi connectivity index (χ1) is 29.4. The molecule has 346 valence electrons. The Morgan fingerprint density at radius 3 is 1.97 bits per heavy atom. The summed E-state index contributed by atoms with van der Waals surface area (Å²) >= 11 is 0. The Kier molecular flexibility index (Phi) is 20.9. The highest BCUT2D eigenvalue weighted by molar-refractivity contribution is 6.00. The maximum atomic E-state index is 13.6. The third-order valence-corrected chi connectivity index (χ3v) is 10.4. The largest absolute Gasteiger partial charge is 0.480 e. The fraction of sp³-hybridized carbons (Fsp3) is 0.523. The van der Waals surface area contributed by atoms with Crippen LogP contribution in [0.5, 0.6) is 0 Å². The fourth-order valence-electron chi connectivity index (χ4n) is 6.34. The van der Waals surface area contributed by atoms with E-state index in [1.165, 1.54) is 33.9 Å². The quantitative estimate of drug-likeness (QED) is 0.116. The highest BCUT2D eigenvalue weighted by atomic mass is 16.4. The third-order valence-electron chi connectivity index (χ3n) is 10.4. The molecule has 9 N–H and O–H groups in total. The van der Waals surface area contributed by atoms with Crippen molar-refractivity contribution >= 4 is 53.3 Å². The number of carboxylic acids is 2. The van der Waals surface area contributed by atoms with E-state index in [1.807, 2.05) is 37.3 Å². The van der Waals surface area contributed by atoms with Crippen molar-refractivity contribution in [3.63, 3.8) is 0 Å². The molecule has 9 atom stereocenters. The summed E-state index contributed by atoms with van der Waals surface area (Å²) in [5, 5.41) is 45.3. The van der Waals surface area contributed by atoms with Crippen molar-refractivity contribution in [1.29, 1.82) is 0 Å². The molecule has 0 saturated carbocycles. The molecular formula is C44H63N7O12. The first-order valence-corrected chi connectivity index (χ1v) is 20.7. The second-order valence-electron chi connectivity index (χ2n) is 16.3. The van der Waals surface area contributed by atoms with E-state index in [9.17, 15) is 58.5 Å². The van der Waals surface area contributed by atoms with Crippen LogP contribution in [0.4, 0.5) is 0 Å². The summed E-state index contributed by atoms with van der Waals surface area (Å²) in [6.45, 7) is 14.7. The molecule has 0 radical (unpaired) electrons. The van der Waals surface area contributed by atoms with Crippen molar-refractivity contribution < 1.29 is 58.5 Å². The normalized spacial score (nSPS) is 26.0. The molecule has 19 heteroatoms. The van der Waals surface area contributed by atoms with Crippen LogP contribution >= 0.6 is 0 Å². The molecule has 2 rings (SSSR count). The van der Waals surface area contributed by atoms with Gasteiger partial charge >= 0.3 is 11.9 Å². The van der Waals surface area contributed by atoms with E-state index in [1.54, 1.807) is 32.9 Å². The molecule has 1 aliphatic rings. The van der Waals surface area contributed by atoms with Gasteiger partial charge in [0.25, 0.3) is 5.91 Å². The van der Waals surface area contributed by atoms with E-state index < -0.39 is 127 Å². The molecule has 1 aliphatic heterocycles. The number of carboxylic acid groups (broad SMARTS) is 2. The van der Waals surface area contributed by atoms with Gasteiger partial charge in [0.05, 0.1) is 24.5 Å². The molecule has 0 aromatic heterocycles. The zero-order valence-corrected chi connectivity index (χ0v) is 37.1. The van der Waals surface area contributed by atoms with Gasteiger partial charge in [-0.2, -0.15) is 0 Å². The van der Waals surface area contributed by atoms with Crippen LogP contribution in [-0.4, -0.2) is 123 Å². The van der Waals surface area contributed by atoms with Crippen molar-refractivity contribution in [2.75, 3.05) is 7.05 Å². The predicted molar refractivity (Wildman–Crippen MR) is 231 cm³/mol. The Morgan fingerprint density at radius 2 is 1.38 bits per heavy atom. The summed E-state index contributed by atoms with van der Waals surface area (Å²) in [7, 11) is 1.21. The van der Waals surface area contributed by atoms with Gasteiger partial charge in [0.15, 0.2) is 0 Å². The molecule has 1 saturated heterocycles. The summed E-state index contributed by atoms with van der Waals surface area (Å²) in [6, 6.07) is 0.955. The molecule has 1 heterocycles. The molecule has 0 spiro atoms. The number of likely N-dealkylation sites (N-methyl/N-ethyl adjacent to an activating group) is 1. The Morgan fingerprint density at radius 1 is 0.810 bits per heavy atom. The van der Waals surface area contributed by atoms with Gasteiger partial charge in [-0.15, -0.1) is 0 Å². The summed E-state index contributed by atoms with van der Waals surface area (Å²) in [4.78, 5) is 118. The maximum Gasteiger partial charge on any atom is 0.326 e. The molecule has 0 aliphatic carbocycles. The molecule has 0 bridgehead atoms. The average Bonchev–Trinajstić information content (AvgIpc) is 3.21. The molecule has 7 amide bonds. The molecule has 19 nitrogen and oxygen atoms in total. The van der Waals surface area contributed by atoms with E-state index >= 15 is 0 Å². The highest BCUT2D eigenvalue weighted by Gasteiger charge is 2.33. The second kappa shape index (κ2) is 24.9. The summed E-state index contributed by atoms with van der Waals surface area (Å²) in [5.41, 5.74) is 1.18. The number of carbonyl (C=O) groups is 9. The van der Waals surface area contributed by atoms with E-state index in [0.29, 0.717) is 12.0 Å². The van der Waals surface area contributed by atoms with Crippen molar-refractivity contribution in [3.8, 4) is 0 Å². The number of benzene rings is 1. The number of hydrogen-bond acceptors (Lipinski definition) is 10. The van der Waals surface area contributed by atoms with Gasteiger partial charge in [-0.05, 0) is 51.5 Å². The zero-order chi connectivity index (χ0) is 47.7. The molecule has 1 fully saturated rings. The van der Waals surface area contributed by atoms with Gasteiger partial charge in [0, 0.05) is 19.4 Å². The van der Waals surface area contributed by atoms with Gasteiger partial charge < -0.3 is 52.1 Å². The summed E-state index contributed by atoms with van der Waals surface area (Å²) in [5.74, 6) is -10.8. The number of allylic oxidation sites excluding steroid dienone is 2. The number of rotatable bonds is 10. The number of nitrogens with one attached hydrogen (secondary N) is 6. The van der Waals surface area contributed by atoms with Crippen molar-refractivity contribution in [2.45, 2.75) is 123 Å². The number of nitrogens with zero attached hydrogens (tertiary/aromatic N) is 1. The van der Waals surface area contributed by atoms with Crippen LogP contribution in [0.15, 0.2) is 66.4 Å². The monoisotopic (exact) mass is 881 g/mol. The molecular weight excluding hydrogens is 819 g/mol. The van der Waals surface area contributed by atoms with Crippen LogP contribution in [0.2, 0.25) is 0 Å². The van der Waals surface area contributed by atoms with Crippen LogP contribution in [0.3, 0.4) is 0 Å². The van der Waals surface area contributed by atoms with Gasteiger partial charge in [-0.25, -0.2) is 9.59 Å². The fourth-order valence-corrected chi connectivity index (χ4v) is 6.34. The van der Waals surface area contributed by atoms with Gasteiger partial charge in [-0.1, -0.05) is 88.4 Å². The van der Waals surface area contributed by atoms with Crippen LogP contribution in [-0.2, 0) is 49.6 Å². The van der Waals surface area contributed by atoms with E-state index in [2.05, 4.69) is 38.5 Å². The van der Waals surface area contributed by atoms with Crippen molar-refractivity contribution in [3.05, 3.63) is 72.0 Å². The smallest absolute Gasteiger partial charge is 0.326 e. The Bertz CT molecular complexity index is 1920. The van der Waals surface area contributed by atoms with Gasteiger partial charge in [-0.3, -0.25) is 33.6 Å². The first-order valence-electron chi connectivity index (χ1n) is 20.7. The van der Waals surface area contributed by atoms with E-state index in [0.717, 1.165) is 10.5 Å². The number of aliphatic hydroxyl groups excluding tert-OH is 1. The SMILES string of the molecule is C=C1C(=O)N[C@H](C)C(=O)N[C@@H](CC(C)C)C(=O)NC(C(=O)O)CC(=O)N[C@@H](C)C(=O)NC(/C=C/C(C)=C/[C@H](C)[C@@H](O)Cc2ccccc2)[C@H](C)C(=O)N[C@@H](C(=O)O)CCC(=O)N1C. The van der Waals surface area contributed by atoms with Crippen LogP contribution in [0.25, 0.3) is 0 Å². The van der Waals surface area contributed by atoms with Crippen LogP contribution < -0.4 is 31.9 Å². The van der Waals surface area contributed by atoms with Crippen molar-refractivity contribution in [1.82, 2.24) is 36.8 Å². The number of aliphatic carboxylic acids is 2. The first kappa shape index (κ1) is 52.8. The summed E-state index contributed by atoms with van der Waals surface area (Å²) in [6.07, 6.45) is 2.86. The lowest BCUT2D eigenvalue weighted by molar-refractivity contribution is -0.144. The van der Waals surface area contributed by atoms with E-state index in [4.69, 9.17) is 0 Å². The minimum absolute atomic E-state index is 0.0330. The van der Waals surface area contributed by atoms with E-state index in [-0.39, 0.29) is 18.3 Å². The number of carbonyl (C=O) groups excluding carboxylic acids is 7. The van der Waals surface area contributed by atoms with Crippen LogP contribution in [0, 0.1) is 17.8 Å². The lowest BCUT2D eigenvalue weighted by atomic mass is 9.94. The number of amides is 7. The Balaban J connectivity index is 2.52. The van der Waals surface area contributed by atoms with Crippen molar-refractivity contribution in [2.24, 2.45) is 17.8 Å². The molecule has 63 heavy (non-hydrogen) atoms. The standard InChI is InChI=1S/C44H63N7O12/c1-23(2)19-33-42(59)50-34(44(62)63)22-36(53)45-27(6)39(56)47-31(16-15-24(3)20-25(4)35(52)21-30-13-11-10-12-14-30)26(5)38(55)48-32(43(60)61)17-18-37(54)51(9)29(8)41(58)46-28(7)40(57)49-33/h10-16,20,23,25-28,31-35,52H,8,17-19,21-22H2,1-7,9H3,(H,45,53)(H,46,58)(H,47,56)(H,48,55)(H,49,57)(H,50,59)(H,60,61)(H,62,63)/b16-15+,24-20+/t25-,26-,27-,28+,31?,32+,33-,34?,35-/m0/s1. The Labute approximate surface area is 367 Å². The maximum absolute atomic E-state index is 13.6. The van der Waals surface area contributed by atoms with Gasteiger partial charge in [0.1, 0.15) is 35.9 Å².